The van der Waals surface area contributed by atoms with Crippen LogP contribution in [0, 0.1) is 13.8 Å². The Hall–Kier alpha value is -2.07. The molecule has 2 aromatic rings. The average molecular weight is 277 g/mol. The summed E-state index contributed by atoms with van der Waals surface area (Å²) in [6.07, 6.45) is 0. The number of hydrogen-bond donors (Lipinski definition) is 2. The van der Waals surface area contributed by atoms with Crippen molar-refractivity contribution in [3.05, 3.63) is 62.5 Å². The Morgan fingerprint density at radius 3 is 2.63 bits per heavy atom. The van der Waals surface area contributed by atoms with Gasteiger partial charge in [0.25, 0.3) is 11.5 Å². The third-order valence-electron chi connectivity index (χ3n) is 2.74. The lowest BCUT2D eigenvalue weighted by atomic mass is 10.2. The van der Waals surface area contributed by atoms with Crippen LogP contribution in [-0.2, 0) is 0 Å². The summed E-state index contributed by atoms with van der Waals surface area (Å²) in [7, 11) is 0. The minimum absolute atomic E-state index is 0.0585. The van der Waals surface area contributed by atoms with Crippen molar-refractivity contribution in [3.8, 4) is 0 Å². The molecule has 0 bridgehead atoms. The highest BCUT2D eigenvalue weighted by Crippen LogP contribution is 2.25. The zero-order valence-corrected chi connectivity index (χ0v) is 11.3. The lowest BCUT2D eigenvalue weighted by Crippen LogP contribution is -2.23. The summed E-state index contributed by atoms with van der Waals surface area (Å²) in [4.78, 5) is 26.3. The summed E-state index contributed by atoms with van der Waals surface area (Å²) in [5.41, 5.74) is 1.70. The van der Waals surface area contributed by atoms with Crippen molar-refractivity contribution >= 4 is 23.2 Å². The Labute approximate surface area is 115 Å². The molecular formula is C14H13ClN2O2. The maximum Gasteiger partial charge on any atom is 0.261 e. The fourth-order valence-electron chi connectivity index (χ4n) is 1.68. The molecule has 0 fully saturated rings. The van der Waals surface area contributed by atoms with Crippen LogP contribution in [0.2, 0.25) is 5.02 Å². The van der Waals surface area contributed by atoms with Crippen molar-refractivity contribution in [2.24, 2.45) is 0 Å². The van der Waals surface area contributed by atoms with Gasteiger partial charge in [-0.2, -0.15) is 0 Å². The number of benzene rings is 1. The number of carbonyl (C=O) groups is 1. The molecular weight excluding hydrogens is 264 g/mol. The van der Waals surface area contributed by atoms with E-state index in [1.807, 2.05) is 13.0 Å². The molecule has 1 aromatic carbocycles. The molecule has 0 radical (unpaired) electrons. The maximum atomic E-state index is 12.0. The van der Waals surface area contributed by atoms with Gasteiger partial charge in [0, 0.05) is 5.69 Å². The standard InChI is InChI=1S/C14H13ClN2O2/c1-8-4-3-5-11(12(8)15)17-14(19)10-7-6-9(2)16-13(10)18/h3-7H,1-2H3,(H,16,18)(H,17,19). The second-order valence-corrected chi connectivity index (χ2v) is 4.65. The van der Waals surface area contributed by atoms with Gasteiger partial charge in [-0.15, -0.1) is 0 Å². The van der Waals surface area contributed by atoms with E-state index in [4.69, 9.17) is 11.6 Å². The monoisotopic (exact) mass is 276 g/mol. The molecule has 1 aromatic heterocycles. The third-order valence-corrected chi connectivity index (χ3v) is 3.24. The summed E-state index contributed by atoms with van der Waals surface area (Å²) in [6, 6.07) is 8.49. The van der Waals surface area contributed by atoms with E-state index in [-0.39, 0.29) is 5.56 Å². The number of amides is 1. The highest BCUT2D eigenvalue weighted by Gasteiger charge is 2.12. The van der Waals surface area contributed by atoms with Gasteiger partial charge in [-0.1, -0.05) is 23.7 Å². The van der Waals surface area contributed by atoms with Crippen LogP contribution in [0.3, 0.4) is 0 Å². The Kier molecular flexibility index (Phi) is 3.71. The van der Waals surface area contributed by atoms with Gasteiger partial charge in [0.1, 0.15) is 5.56 Å². The molecule has 0 aliphatic rings. The van der Waals surface area contributed by atoms with E-state index < -0.39 is 11.5 Å². The molecule has 4 nitrogen and oxygen atoms in total. The number of aromatic amines is 1. The molecule has 0 saturated heterocycles. The van der Waals surface area contributed by atoms with E-state index in [1.165, 1.54) is 6.07 Å². The van der Waals surface area contributed by atoms with Crippen LogP contribution in [0.25, 0.3) is 0 Å². The number of pyridine rings is 1. The topological polar surface area (TPSA) is 62.0 Å². The van der Waals surface area contributed by atoms with E-state index >= 15 is 0 Å². The van der Waals surface area contributed by atoms with Crippen molar-refractivity contribution < 1.29 is 4.79 Å². The van der Waals surface area contributed by atoms with Crippen molar-refractivity contribution in [1.82, 2.24) is 4.98 Å². The molecule has 19 heavy (non-hydrogen) atoms. The predicted molar refractivity (Wildman–Crippen MR) is 75.9 cm³/mol. The molecule has 0 unspecified atom stereocenters. The van der Waals surface area contributed by atoms with E-state index in [0.29, 0.717) is 16.4 Å². The number of anilines is 1. The molecule has 0 spiro atoms. The number of nitrogens with one attached hydrogen (secondary N) is 2. The highest BCUT2D eigenvalue weighted by molar-refractivity contribution is 6.34. The fraction of sp³-hybridized carbons (Fsp3) is 0.143. The summed E-state index contributed by atoms with van der Waals surface area (Å²) < 4.78 is 0. The first kappa shape index (κ1) is 13.4. The molecule has 0 saturated carbocycles. The highest BCUT2D eigenvalue weighted by atomic mass is 35.5. The number of rotatable bonds is 2. The number of carbonyl (C=O) groups excluding carboxylic acids is 1. The minimum Gasteiger partial charge on any atom is -0.326 e. The number of halogens is 1. The molecule has 0 aliphatic heterocycles. The smallest absolute Gasteiger partial charge is 0.261 e. The van der Waals surface area contributed by atoms with Crippen LogP contribution >= 0.6 is 11.6 Å². The molecule has 1 amide bonds. The first-order valence-corrected chi connectivity index (χ1v) is 6.13. The van der Waals surface area contributed by atoms with Gasteiger partial charge in [0.15, 0.2) is 0 Å². The van der Waals surface area contributed by atoms with Crippen LogP contribution < -0.4 is 10.9 Å². The summed E-state index contributed by atoms with van der Waals surface area (Å²) in [5.74, 6) is -0.478. The van der Waals surface area contributed by atoms with E-state index in [2.05, 4.69) is 10.3 Å². The molecule has 0 aliphatic carbocycles. The Morgan fingerprint density at radius 1 is 1.21 bits per heavy atom. The molecule has 1 heterocycles. The van der Waals surface area contributed by atoms with Gasteiger partial charge in [-0.05, 0) is 37.6 Å². The molecule has 2 rings (SSSR count). The van der Waals surface area contributed by atoms with Crippen molar-refractivity contribution in [2.75, 3.05) is 5.32 Å². The number of hydrogen-bond acceptors (Lipinski definition) is 2. The van der Waals surface area contributed by atoms with Crippen LogP contribution in [0.15, 0.2) is 35.1 Å². The van der Waals surface area contributed by atoms with Gasteiger partial charge in [0.05, 0.1) is 10.7 Å². The summed E-state index contributed by atoms with van der Waals surface area (Å²) in [5, 5.41) is 3.11. The molecule has 0 atom stereocenters. The van der Waals surface area contributed by atoms with Crippen LogP contribution in [-0.4, -0.2) is 10.9 Å². The quantitative estimate of drug-likeness (QED) is 0.886. The predicted octanol–water partition coefficient (Wildman–Crippen LogP) is 2.90. The van der Waals surface area contributed by atoms with E-state index in [9.17, 15) is 9.59 Å². The zero-order chi connectivity index (χ0) is 14.0. The Balaban J connectivity index is 2.31. The fourth-order valence-corrected chi connectivity index (χ4v) is 1.86. The average Bonchev–Trinajstić information content (AvgIpc) is 2.34. The van der Waals surface area contributed by atoms with Gasteiger partial charge in [-0.25, -0.2) is 0 Å². The third kappa shape index (κ3) is 2.85. The Bertz CT molecular complexity index is 692. The van der Waals surface area contributed by atoms with Gasteiger partial charge >= 0.3 is 0 Å². The normalized spacial score (nSPS) is 10.3. The SMILES string of the molecule is Cc1ccc(C(=O)Nc2cccc(C)c2Cl)c(=O)[nH]1. The van der Waals surface area contributed by atoms with Crippen LogP contribution in [0.4, 0.5) is 5.69 Å². The van der Waals surface area contributed by atoms with Gasteiger partial charge in [-0.3, -0.25) is 9.59 Å². The van der Waals surface area contributed by atoms with Gasteiger partial charge < -0.3 is 10.3 Å². The van der Waals surface area contributed by atoms with Crippen molar-refractivity contribution in [3.63, 3.8) is 0 Å². The first-order chi connectivity index (χ1) is 8.99. The van der Waals surface area contributed by atoms with Crippen molar-refractivity contribution in [1.29, 1.82) is 0 Å². The molecule has 98 valence electrons. The van der Waals surface area contributed by atoms with Crippen LogP contribution in [0.1, 0.15) is 21.6 Å². The second kappa shape index (κ2) is 5.28. The summed E-state index contributed by atoms with van der Waals surface area (Å²) in [6.45, 7) is 3.59. The van der Waals surface area contributed by atoms with Crippen molar-refractivity contribution in [2.45, 2.75) is 13.8 Å². The number of aromatic nitrogens is 1. The second-order valence-electron chi connectivity index (χ2n) is 4.27. The molecule has 2 N–H and O–H groups in total. The zero-order valence-electron chi connectivity index (χ0n) is 10.6. The lowest BCUT2D eigenvalue weighted by Gasteiger charge is -2.08. The largest absolute Gasteiger partial charge is 0.326 e. The number of H-pyrrole nitrogens is 1. The van der Waals surface area contributed by atoms with E-state index in [1.54, 1.807) is 25.1 Å². The minimum atomic E-state index is -0.478. The van der Waals surface area contributed by atoms with Gasteiger partial charge in [0.2, 0.25) is 0 Å². The summed E-state index contributed by atoms with van der Waals surface area (Å²) >= 11 is 6.09. The van der Waals surface area contributed by atoms with Crippen LogP contribution in [0.5, 0.6) is 0 Å². The maximum absolute atomic E-state index is 12.0. The first-order valence-electron chi connectivity index (χ1n) is 5.75. The van der Waals surface area contributed by atoms with E-state index in [0.717, 1.165) is 5.56 Å². The number of aryl methyl sites for hydroxylation is 2. The Morgan fingerprint density at radius 2 is 1.95 bits per heavy atom. The lowest BCUT2D eigenvalue weighted by molar-refractivity contribution is 0.102. The molecule has 5 heteroatoms.